The van der Waals surface area contributed by atoms with Gasteiger partial charge in [0.25, 0.3) is 5.91 Å². The molecule has 144 valence electrons. The van der Waals surface area contributed by atoms with Gasteiger partial charge in [0.1, 0.15) is 5.60 Å². The van der Waals surface area contributed by atoms with Crippen molar-refractivity contribution in [1.29, 1.82) is 0 Å². The average Bonchev–Trinajstić information content (AvgIpc) is 2.60. The fourth-order valence-electron chi connectivity index (χ4n) is 2.76. The van der Waals surface area contributed by atoms with Gasteiger partial charge in [-0.15, -0.1) is 0 Å². The molecule has 0 saturated carbocycles. The number of benzene rings is 1. The Kier molecular flexibility index (Phi) is 6.54. The molecule has 1 aliphatic heterocycles. The maximum atomic E-state index is 14.4. The average molecular weight is 391 g/mol. The second-order valence-corrected chi connectivity index (χ2v) is 6.73. The number of hydrogen-bond acceptors (Lipinski definition) is 4. The van der Waals surface area contributed by atoms with Gasteiger partial charge in [-0.3, -0.25) is 9.59 Å². The van der Waals surface area contributed by atoms with Gasteiger partial charge in [0.2, 0.25) is 5.91 Å². The van der Waals surface area contributed by atoms with Crippen LogP contribution >= 0.6 is 11.6 Å². The van der Waals surface area contributed by atoms with Crippen molar-refractivity contribution in [3.8, 4) is 0 Å². The maximum absolute atomic E-state index is 14.4. The van der Waals surface area contributed by atoms with Crippen LogP contribution in [0.3, 0.4) is 0 Å². The molecule has 0 spiro atoms. The van der Waals surface area contributed by atoms with E-state index >= 15 is 0 Å². The standard InChI is InChI=1S/C17H21ClF2N2O4/c18-13-4-2-1-3-11(13)9-12(14(21)23)10-22-15(24)17(19,20)16(25)5-7-26-8-6-16/h1-4,12,25H,5-10H2,(H2,21,23)(H,22,24). The Morgan fingerprint density at radius 3 is 2.54 bits per heavy atom. The number of ether oxygens (including phenoxy) is 1. The molecule has 0 aliphatic carbocycles. The van der Waals surface area contributed by atoms with E-state index in [-0.39, 0.29) is 39.0 Å². The number of hydrogen-bond donors (Lipinski definition) is 3. The SMILES string of the molecule is NC(=O)C(CNC(=O)C(F)(F)C1(O)CCOCC1)Cc1ccccc1Cl. The van der Waals surface area contributed by atoms with Crippen LogP contribution < -0.4 is 11.1 Å². The van der Waals surface area contributed by atoms with Crippen LogP contribution in [0, 0.1) is 5.92 Å². The molecule has 1 aromatic carbocycles. The Balaban J connectivity index is 2.02. The zero-order valence-corrected chi connectivity index (χ0v) is 14.8. The number of halogens is 3. The van der Waals surface area contributed by atoms with Crippen molar-refractivity contribution in [2.75, 3.05) is 19.8 Å². The topological polar surface area (TPSA) is 102 Å². The molecule has 6 nitrogen and oxygen atoms in total. The number of aliphatic hydroxyl groups is 1. The molecule has 1 unspecified atom stereocenters. The molecule has 9 heteroatoms. The molecule has 1 saturated heterocycles. The Hall–Kier alpha value is -1.77. The zero-order chi connectivity index (χ0) is 19.4. The lowest BCUT2D eigenvalue weighted by Crippen LogP contribution is -2.60. The lowest BCUT2D eigenvalue weighted by molar-refractivity contribution is -0.213. The summed E-state index contributed by atoms with van der Waals surface area (Å²) in [6.45, 7) is -0.507. The number of carbonyl (C=O) groups excluding carboxylic acids is 2. The minimum absolute atomic E-state index is 0.0597. The van der Waals surface area contributed by atoms with Gasteiger partial charge in [-0.25, -0.2) is 0 Å². The summed E-state index contributed by atoms with van der Waals surface area (Å²) in [6.07, 6.45) is -0.614. The molecule has 2 amide bonds. The van der Waals surface area contributed by atoms with Crippen LogP contribution in [0.1, 0.15) is 18.4 Å². The first-order valence-corrected chi connectivity index (χ1v) is 8.54. The first-order chi connectivity index (χ1) is 12.2. The van der Waals surface area contributed by atoms with Crippen LogP contribution in [0.2, 0.25) is 5.02 Å². The van der Waals surface area contributed by atoms with Crippen LogP contribution in [0.5, 0.6) is 0 Å². The second-order valence-electron chi connectivity index (χ2n) is 6.32. The summed E-state index contributed by atoms with van der Waals surface area (Å²) in [5, 5.41) is 12.6. The van der Waals surface area contributed by atoms with Gasteiger partial charge in [0.15, 0.2) is 0 Å². The number of nitrogens with two attached hydrogens (primary N) is 1. The largest absolute Gasteiger partial charge is 0.383 e. The first kappa shape index (κ1) is 20.5. The number of alkyl halides is 2. The Morgan fingerprint density at radius 2 is 1.96 bits per heavy atom. The lowest BCUT2D eigenvalue weighted by atomic mass is 9.86. The summed E-state index contributed by atoms with van der Waals surface area (Å²) in [5.74, 6) is -7.33. The van der Waals surface area contributed by atoms with E-state index in [1.807, 2.05) is 5.32 Å². The number of nitrogens with one attached hydrogen (secondary N) is 1. The molecule has 1 aliphatic rings. The summed E-state index contributed by atoms with van der Waals surface area (Å²) in [4.78, 5) is 23.6. The fraction of sp³-hybridized carbons (Fsp3) is 0.529. The second kappa shape index (κ2) is 8.28. The molecule has 0 radical (unpaired) electrons. The predicted octanol–water partition coefficient (Wildman–Crippen LogP) is 1.28. The fourth-order valence-corrected chi connectivity index (χ4v) is 2.98. The van der Waals surface area contributed by atoms with E-state index in [0.29, 0.717) is 10.6 Å². The van der Waals surface area contributed by atoms with E-state index < -0.39 is 29.3 Å². The molecule has 26 heavy (non-hydrogen) atoms. The molecule has 2 rings (SSSR count). The van der Waals surface area contributed by atoms with E-state index in [9.17, 15) is 23.5 Å². The van der Waals surface area contributed by atoms with Gasteiger partial charge in [0, 0.05) is 37.6 Å². The molecule has 1 fully saturated rings. The number of rotatable bonds is 7. The van der Waals surface area contributed by atoms with Crippen LogP contribution in [0.4, 0.5) is 8.78 Å². The van der Waals surface area contributed by atoms with E-state index in [0.717, 1.165) is 0 Å². The molecule has 4 N–H and O–H groups in total. The molecule has 0 bridgehead atoms. The highest BCUT2D eigenvalue weighted by Crippen LogP contribution is 2.37. The van der Waals surface area contributed by atoms with Crippen molar-refractivity contribution in [2.24, 2.45) is 11.7 Å². The molecular formula is C17H21ClF2N2O4. The highest BCUT2D eigenvalue weighted by molar-refractivity contribution is 6.31. The third kappa shape index (κ3) is 4.49. The van der Waals surface area contributed by atoms with Gasteiger partial charge in [-0.1, -0.05) is 29.8 Å². The smallest absolute Gasteiger partial charge is 0.352 e. The Morgan fingerprint density at radius 1 is 1.35 bits per heavy atom. The summed E-state index contributed by atoms with van der Waals surface area (Å²) in [7, 11) is 0. The van der Waals surface area contributed by atoms with Crippen molar-refractivity contribution < 1.29 is 28.2 Å². The minimum Gasteiger partial charge on any atom is -0.383 e. The highest BCUT2D eigenvalue weighted by Gasteiger charge is 2.58. The third-order valence-corrected chi connectivity index (χ3v) is 4.89. The van der Waals surface area contributed by atoms with Gasteiger partial charge in [-0.05, 0) is 18.1 Å². The van der Waals surface area contributed by atoms with Gasteiger partial charge in [0.05, 0.1) is 5.92 Å². The van der Waals surface area contributed by atoms with Crippen LogP contribution in [0.15, 0.2) is 24.3 Å². The van der Waals surface area contributed by atoms with Crippen molar-refractivity contribution in [3.05, 3.63) is 34.9 Å². The van der Waals surface area contributed by atoms with Crippen molar-refractivity contribution in [2.45, 2.75) is 30.8 Å². The zero-order valence-electron chi connectivity index (χ0n) is 14.0. The summed E-state index contributed by atoms with van der Waals surface area (Å²) in [5.41, 5.74) is 3.45. The minimum atomic E-state index is -4.01. The quantitative estimate of drug-likeness (QED) is 0.652. The van der Waals surface area contributed by atoms with Crippen molar-refractivity contribution in [3.63, 3.8) is 0 Å². The first-order valence-electron chi connectivity index (χ1n) is 8.16. The summed E-state index contributed by atoms with van der Waals surface area (Å²) < 4.78 is 33.7. The monoisotopic (exact) mass is 390 g/mol. The normalized spacial score (nSPS) is 18.2. The lowest BCUT2D eigenvalue weighted by Gasteiger charge is -2.37. The molecular weight excluding hydrogens is 370 g/mol. The summed E-state index contributed by atoms with van der Waals surface area (Å²) in [6, 6.07) is 6.73. The highest BCUT2D eigenvalue weighted by atomic mass is 35.5. The van der Waals surface area contributed by atoms with Gasteiger partial charge >= 0.3 is 5.92 Å². The van der Waals surface area contributed by atoms with E-state index in [4.69, 9.17) is 22.1 Å². The summed E-state index contributed by atoms with van der Waals surface area (Å²) >= 11 is 6.02. The number of amides is 2. The number of carbonyl (C=O) groups is 2. The molecule has 1 heterocycles. The third-order valence-electron chi connectivity index (χ3n) is 4.53. The van der Waals surface area contributed by atoms with Crippen molar-refractivity contribution in [1.82, 2.24) is 5.32 Å². The maximum Gasteiger partial charge on any atom is 0.352 e. The molecule has 0 aromatic heterocycles. The molecule has 1 aromatic rings. The Labute approximate surface area is 154 Å². The van der Waals surface area contributed by atoms with Gasteiger partial charge < -0.3 is 20.9 Å². The van der Waals surface area contributed by atoms with E-state index in [1.54, 1.807) is 24.3 Å². The predicted molar refractivity (Wildman–Crippen MR) is 90.8 cm³/mol. The van der Waals surface area contributed by atoms with Crippen LogP contribution in [-0.2, 0) is 20.7 Å². The van der Waals surface area contributed by atoms with Crippen LogP contribution in [-0.4, -0.2) is 48.2 Å². The Bertz CT molecular complexity index is 666. The van der Waals surface area contributed by atoms with Gasteiger partial charge in [-0.2, -0.15) is 8.78 Å². The number of primary amides is 1. The van der Waals surface area contributed by atoms with E-state index in [1.165, 1.54) is 0 Å². The molecule has 1 atom stereocenters. The van der Waals surface area contributed by atoms with Crippen LogP contribution in [0.25, 0.3) is 0 Å². The van der Waals surface area contributed by atoms with E-state index in [2.05, 4.69) is 0 Å². The van der Waals surface area contributed by atoms with Crippen molar-refractivity contribution >= 4 is 23.4 Å².